The number of furan rings is 1. The first kappa shape index (κ1) is 16.8. The fourth-order valence-electron chi connectivity index (χ4n) is 2.96. The van der Waals surface area contributed by atoms with E-state index in [9.17, 15) is 14.4 Å². The normalized spacial score (nSPS) is 11.3. The predicted octanol–water partition coefficient (Wildman–Crippen LogP) is 0.454. The summed E-state index contributed by atoms with van der Waals surface area (Å²) in [5.74, 6) is -0.102. The van der Waals surface area contributed by atoms with Gasteiger partial charge in [0.05, 0.1) is 11.9 Å². The molecular formula is C17H16N6O4. The third-order valence-electron chi connectivity index (χ3n) is 4.22. The van der Waals surface area contributed by atoms with Gasteiger partial charge in [-0.05, 0) is 25.5 Å². The minimum absolute atomic E-state index is 0.123. The van der Waals surface area contributed by atoms with E-state index in [4.69, 9.17) is 4.42 Å². The van der Waals surface area contributed by atoms with Crippen LogP contribution in [0.4, 0.5) is 0 Å². The van der Waals surface area contributed by atoms with Gasteiger partial charge in [0.25, 0.3) is 11.5 Å². The van der Waals surface area contributed by atoms with Crippen LogP contribution in [0, 0.1) is 6.92 Å². The lowest BCUT2D eigenvalue weighted by Crippen LogP contribution is -2.28. The average Bonchev–Trinajstić information content (AvgIpc) is 3.16. The molecule has 0 aliphatic rings. The Labute approximate surface area is 151 Å². The Morgan fingerprint density at radius 1 is 1.33 bits per heavy atom. The van der Waals surface area contributed by atoms with Crippen LogP contribution in [0.2, 0.25) is 0 Å². The van der Waals surface area contributed by atoms with Gasteiger partial charge < -0.3 is 14.7 Å². The lowest BCUT2D eigenvalue weighted by molar-refractivity contribution is 0.0952. The number of hydrogen-bond donors (Lipinski definition) is 2. The SMILES string of the molecule is Cc1oc2nc[nH]c(=O)c2c1C(=O)NCCCn1nc2ccccn2c1=O. The first-order valence-corrected chi connectivity index (χ1v) is 8.35. The number of carbonyl (C=O) groups is 1. The third-order valence-corrected chi connectivity index (χ3v) is 4.22. The van der Waals surface area contributed by atoms with E-state index in [1.54, 1.807) is 31.3 Å². The number of nitrogens with zero attached hydrogens (tertiary/aromatic N) is 4. The monoisotopic (exact) mass is 368 g/mol. The second-order valence-corrected chi connectivity index (χ2v) is 5.99. The predicted molar refractivity (Wildman–Crippen MR) is 95.8 cm³/mol. The van der Waals surface area contributed by atoms with Crippen molar-refractivity contribution in [1.29, 1.82) is 0 Å². The largest absolute Gasteiger partial charge is 0.442 e. The summed E-state index contributed by atoms with van der Waals surface area (Å²) in [6.45, 7) is 2.27. The highest BCUT2D eigenvalue weighted by Crippen LogP contribution is 2.20. The average molecular weight is 368 g/mol. The maximum Gasteiger partial charge on any atom is 0.350 e. The van der Waals surface area contributed by atoms with Crippen molar-refractivity contribution in [3.8, 4) is 0 Å². The van der Waals surface area contributed by atoms with Gasteiger partial charge >= 0.3 is 5.69 Å². The van der Waals surface area contributed by atoms with E-state index in [-0.39, 0.29) is 22.4 Å². The molecule has 4 rings (SSSR count). The second-order valence-electron chi connectivity index (χ2n) is 5.99. The number of aromatic amines is 1. The fraction of sp³-hybridized carbons (Fsp3) is 0.235. The van der Waals surface area contributed by atoms with Crippen molar-refractivity contribution < 1.29 is 9.21 Å². The van der Waals surface area contributed by atoms with E-state index in [0.717, 1.165) is 0 Å². The summed E-state index contributed by atoms with van der Waals surface area (Å²) in [6.07, 6.45) is 3.38. The minimum Gasteiger partial charge on any atom is -0.442 e. The number of amides is 1. The third kappa shape index (κ3) is 2.90. The first-order chi connectivity index (χ1) is 13.1. The molecule has 0 fully saturated rings. The molecule has 0 spiro atoms. The van der Waals surface area contributed by atoms with Crippen LogP contribution in [-0.4, -0.2) is 36.6 Å². The summed E-state index contributed by atoms with van der Waals surface area (Å²) in [5, 5.41) is 7.10. The van der Waals surface area contributed by atoms with Crippen molar-refractivity contribution >= 4 is 22.7 Å². The van der Waals surface area contributed by atoms with Gasteiger partial charge in [0, 0.05) is 19.3 Å². The molecule has 27 heavy (non-hydrogen) atoms. The molecule has 0 bridgehead atoms. The highest BCUT2D eigenvalue weighted by atomic mass is 16.3. The van der Waals surface area contributed by atoms with Gasteiger partial charge in [0.2, 0.25) is 5.71 Å². The number of rotatable bonds is 5. The molecule has 0 saturated carbocycles. The van der Waals surface area contributed by atoms with Gasteiger partial charge in [-0.25, -0.2) is 14.5 Å². The Hall–Kier alpha value is -3.69. The van der Waals surface area contributed by atoms with Crippen LogP contribution in [0.15, 0.2) is 44.7 Å². The van der Waals surface area contributed by atoms with Crippen molar-refractivity contribution in [2.45, 2.75) is 19.9 Å². The van der Waals surface area contributed by atoms with Crippen LogP contribution in [0.1, 0.15) is 22.5 Å². The Bertz CT molecular complexity index is 1260. The number of H-pyrrole nitrogens is 1. The maximum absolute atomic E-state index is 12.5. The standard InChI is InChI=1S/C17H16N6O4/c1-10-12(13-15(25)19-9-20-16(13)27-10)14(24)18-6-4-8-23-17(26)22-7-3-2-5-11(22)21-23/h2-3,5,7,9H,4,6,8H2,1H3,(H,18,24)(H,19,20,25). The summed E-state index contributed by atoms with van der Waals surface area (Å²) in [7, 11) is 0. The quantitative estimate of drug-likeness (QED) is 0.493. The summed E-state index contributed by atoms with van der Waals surface area (Å²) < 4.78 is 8.19. The number of aryl methyl sites for hydroxylation is 2. The first-order valence-electron chi connectivity index (χ1n) is 8.35. The number of pyridine rings is 1. The van der Waals surface area contributed by atoms with Crippen molar-refractivity contribution in [3.63, 3.8) is 0 Å². The summed E-state index contributed by atoms with van der Waals surface area (Å²) in [4.78, 5) is 43.0. The Morgan fingerprint density at radius 2 is 2.19 bits per heavy atom. The van der Waals surface area contributed by atoms with Crippen molar-refractivity contribution in [3.05, 3.63) is 62.9 Å². The van der Waals surface area contributed by atoms with E-state index < -0.39 is 11.5 Å². The number of carbonyl (C=O) groups excluding carboxylic acids is 1. The zero-order valence-electron chi connectivity index (χ0n) is 14.4. The topological polar surface area (TPSA) is 127 Å². The van der Waals surface area contributed by atoms with Crippen LogP contribution in [-0.2, 0) is 6.54 Å². The zero-order chi connectivity index (χ0) is 19.0. The van der Waals surface area contributed by atoms with Crippen molar-refractivity contribution in [1.82, 2.24) is 29.5 Å². The number of hydrogen-bond acceptors (Lipinski definition) is 6. The smallest absolute Gasteiger partial charge is 0.350 e. The minimum atomic E-state index is -0.432. The van der Waals surface area contributed by atoms with Crippen LogP contribution < -0.4 is 16.6 Å². The van der Waals surface area contributed by atoms with E-state index in [0.29, 0.717) is 30.9 Å². The van der Waals surface area contributed by atoms with Gasteiger partial charge in [0.15, 0.2) is 5.65 Å². The number of aromatic nitrogens is 5. The molecule has 4 aromatic rings. The van der Waals surface area contributed by atoms with Crippen LogP contribution >= 0.6 is 0 Å². The molecule has 4 heterocycles. The molecular weight excluding hydrogens is 352 g/mol. The molecule has 0 aromatic carbocycles. The molecule has 10 heteroatoms. The van der Waals surface area contributed by atoms with Gasteiger partial charge in [-0.1, -0.05) is 6.07 Å². The summed E-state index contributed by atoms with van der Waals surface area (Å²) >= 11 is 0. The molecule has 0 aliphatic carbocycles. The van der Waals surface area contributed by atoms with E-state index in [2.05, 4.69) is 20.4 Å². The molecule has 0 unspecified atom stereocenters. The van der Waals surface area contributed by atoms with Crippen LogP contribution in [0.3, 0.4) is 0 Å². The van der Waals surface area contributed by atoms with Crippen molar-refractivity contribution in [2.75, 3.05) is 6.54 Å². The lowest BCUT2D eigenvalue weighted by Gasteiger charge is -2.04. The maximum atomic E-state index is 12.5. The molecule has 0 atom stereocenters. The Kier molecular flexibility index (Phi) is 4.07. The van der Waals surface area contributed by atoms with E-state index >= 15 is 0 Å². The van der Waals surface area contributed by atoms with E-state index in [1.165, 1.54) is 15.4 Å². The van der Waals surface area contributed by atoms with Crippen molar-refractivity contribution in [2.24, 2.45) is 0 Å². The zero-order valence-corrected chi connectivity index (χ0v) is 14.4. The molecule has 4 aromatic heterocycles. The molecule has 0 radical (unpaired) electrons. The fourth-order valence-corrected chi connectivity index (χ4v) is 2.96. The highest BCUT2D eigenvalue weighted by molar-refractivity contribution is 6.06. The number of fused-ring (bicyclic) bond motifs is 2. The highest BCUT2D eigenvalue weighted by Gasteiger charge is 2.21. The van der Waals surface area contributed by atoms with Gasteiger partial charge in [-0.15, -0.1) is 5.10 Å². The van der Waals surface area contributed by atoms with Crippen LogP contribution in [0.25, 0.3) is 16.7 Å². The lowest BCUT2D eigenvalue weighted by atomic mass is 10.2. The molecule has 10 nitrogen and oxygen atoms in total. The molecule has 0 saturated heterocycles. The molecule has 0 aliphatic heterocycles. The van der Waals surface area contributed by atoms with Crippen LogP contribution in [0.5, 0.6) is 0 Å². The molecule has 2 N–H and O–H groups in total. The van der Waals surface area contributed by atoms with Gasteiger partial charge in [0.1, 0.15) is 11.1 Å². The van der Waals surface area contributed by atoms with E-state index in [1.807, 2.05) is 0 Å². The Morgan fingerprint density at radius 3 is 3.00 bits per heavy atom. The second kappa shape index (κ2) is 6.56. The molecule has 138 valence electrons. The summed E-state index contributed by atoms with van der Waals surface area (Å²) in [5.41, 5.74) is 0.199. The molecule has 1 amide bonds. The Balaban J connectivity index is 1.44. The van der Waals surface area contributed by atoms with Gasteiger partial charge in [-0.3, -0.25) is 14.0 Å². The number of nitrogens with one attached hydrogen (secondary N) is 2. The van der Waals surface area contributed by atoms with Gasteiger partial charge in [-0.2, -0.15) is 0 Å². The summed E-state index contributed by atoms with van der Waals surface area (Å²) in [6, 6.07) is 5.31.